The third-order valence-electron chi connectivity index (χ3n) is 3.60. The molecule has 94 valence electrons. The van der Waals surface area contributed by atoms with Gasteiger partial charge in [-0.3, -0.25) is 0 Å². The molecule has 2 N–H and O–H groups in total. The van der Waals surface area contributed by atoms with E-state index in [0.717, 1.165) is 25.9 Å². The first kappa shape index (κ1) is 12.6. The number of aryl methyl sites for hydroxylation is 1. The van der Waals surface area contributed by atoms with E-state index in [9.17, 15) is 0 Å². The molecule has 2 heteroatoms. The predicted molar refractivity (Wildman–Crippen MR) is 71.1 cm³/mol. The second-order valence-electron chi connectivity index (χ2n) is 4.94. The third-order valence-corrected chi connectivity index (χ3v) is 3.60. The quantitative estimate of drug-likeness (QED) is 0.867. The van der Waals surface area contributed by atoms with E-state index in [0.29, 0.717) is 0 Å². The van der Waals surface area contributed by atoms with E-state index in [-0.39, 0.29) is 12.1 Å². The fourth-order valence-corrected chi connectivity index (χ4v) is 2.42. The van der Waals surface area contributed by atoms with Crippen LogP contribution >= 0.6 is 0 Å². The van der Waals surface area contributed by atoms with Gasteiger partial charge in [0.05, 0.1) is 6.10 Å². The smallest absolute Gasteiger partial charge is 0.0729 e. The van der Waals surface area contributed by atoms with Crippen LogP contribution in [0.25, 0.3) is 0 Å². The molecule has 0 radical (unpaired) electrons. The van der Waals surface area contributed by atoms with Crippen molar-refractivity contribution >= 4 is 0 Å². The second kappa shape index (κ2) is 6.18. The van der Waals surface area contributed by atoms with E-state index in [1.807, 2.05) is 0 Å². The first-order chi connectivity index (χ1) is 8.29. The summed E-state index contributed by atoms with van der Waals surface area (Å²) in [4.78, 5) is 0. The summed E-state index contributed by atoms with van der Waals surface area (Å²) in [7, 11) is 0. The maximum atomic E-state index is 6.23. The van der Waals surface area contributed by atoms with Crippen LogP contribution in [-0.2, 0) is 17.6 Å². The zero-order valence-electron chi connectivity index (χ0n) is 10.7. The molecular formula is C15H23NO. The monoisotopic (exact) mass is 233 g/mol. The lowest BCUT2D eigenvalue weighted by molar-refractivity contribution is 0.000635. The second-order valence-corrected chi connectivity index (χ2v) is 4.94. The minimum Gasteiger partial charge on any atom is -0.377 e. The lowest BCUT2D eigenvalue weighted by atomic mass is 9.96. The van der Waals surface area contributed by atoms with Crippen LogP contribution in [-0.4, -0.2) is 18.8 Å². The van der Waals surface area contributed by atoms with Crippen LogP contribution < -0.4 is 5.73 Å². The van der Waals surface area contributed by atoms with Gasteiger partial charge in [-0.25, -0.2) is 0 Å². The Labute approximate surface area is 104 Å². The Morgan fingerprint density at radius 3 is 2.53 bits per heavy atom. The first-order valence-corrected chi connectivity index (χ1v) is 6.74. The SMILES string of the molecule is CCc1ccc(CC(N)C2CCCCO2)cc1. The molecule has 0 aromatic heterocycles. The van der Waals surface area contributed by atoms with Gasteiger partial charge in [-0.2, -0.15) is 0 Å². The number of rotatable bonds is 4. The van der Waals surface area contributed by atoms with Crippen molar-refractivity contribution < 1.29 is 4.74 Å². The molecule has 0 amide bonds. The normalized spacial score (nSPS) is 22.4. The van der Waals surface area contributed by atoms with Crippen LogP contribution in [0.4, 0.5) is 0 Å². The van der Waals surface area contributed by atoms with Gasteiger partial charge in [0.25, 0.3) is 0 Å². The number of hydrogen-bond acceptors (Lipinski definition) is 2. The van der Waals surface area contributed by atoms with Crippen molar-refractivity contribution in [3.8, 4) is 0 Å². The molecule has 1 aromatic rings. The highest BCUT2D eigenvalue weighted by molar-refractivity contribution is 5.23. The van der Waals surface area contributed by atoms with Gasteiger partial charge in [-0.15, -0.1) is 0 Å². The number of ether oxygens (including phenoxy) is 1. The van der Waals surface area contributed by atoms with Gasteiger partial charge in [-0.05, 0) is 43.2 Å². The Balaban J connectivity index is 1.89. The van der Waals surface area contributed by atoms with Crippen LogP contribution in [0.1, 0.15) is 37.3 Å². The summed E-state index contributed by atoms with van der Waals surface area (Å²) in [6, 6.07) is 8.93. The Morgan fingerprint density at radius 2 is 1.94 bits per heavy atom. The van der Waals surface area contributed by atoms with Gasteiger partial charge in [0.2, 0.25) is 0 Å². The third kappa shape index (κ3) is 3.55. The summed E-state index contributed by atoms with van der Waals surface area (Å²) in [5.41, 5.74) is 8.93. The Morgan fingerprint density at radius 1 is 1.24 bits per heavy atom. The molecule has 0 aliphatic carbocycles. The molecule has 1 heterocycles. The Hall–Kier alpha value is -0.860. The molecule has 2 unspecified atom stereocenters. The zero-order valence-corrected chi connectivity index (χ0v) is 10.7. The van der Waals surface area contributed by atoms with E-state index < -0.39 is 0 Å². The van der Waals surface area contributed by atoms with Crippen LogP contribution in [0.3, 0.4) is 0 Å². The first-order valence-electron chi connectivity index (χ1n) is 6.74. The Kier molecular flexibility index (Phi) is 4.57. The molecule has 0 spiro atoms. The summed E-state index contributed by atoms with van der Waals surface area (Å²) in [5.74, 6) is 0. The predicted octanol–water partition coefficient (Wildman–Crippen LogP) is 2.69. The molecule has 0 bridgehead atoms. The number of hydrogen-bond donors (Lipinski definition) is 1. The van der Waals surface area contributed by atoms with Crippen LogP contribution in [0, 0.1) is 0 Å². The molecule has 0 saturated carbocycles. The molecule has 1 aliphatic heterocycles. The van der Waals surface area contributed by atoms with Gasteiger partial charge < -0.3 is 10.5 Å². The molecular weight excluding hydrogens is 210 g/mol. The van der Waals surface area contributed by atoms with Crippen molar-refractivity contribution in [2.45, 2.75) is 51.2 Å². The van der Waals surface area contributed by atoms with Gasteiger partial charge in [0.15, 0.2) is 0 Å². The summed E-state index contributed by atoms with van der Waals surface area (Å²) < 4.78 is 5.73. The lowest BCUT2D eigenvalue weighted by Gasteiger charge is -2.28. The average Bonchev–Trinajstić information content (AvgIpc) is 2.40. The topological polar surface area (TPSA) is 35.2 Å². The highest BCUT2D eigenvalue weighted by Gasteiger charge is 2.21. The van der Waals surface area contributed by atoms with Crippen molar-refractivity contribution in [1.29, 1.82) is 0 Å². The molecule has 1 saturated heterocycles. The lowest BCUT2D eigenvalue weighted by Crippen LogP contribution is -2.40. The van der Waals surface area contributed by atoms with Crippen molar-refractivity contribution in [1.82, 2.24) is 0 Å². The molecule has 2 rings (SSSR count). The fraction of sp³-hybridized carbons (Fsp3) is 0.600. The van der Waals surface area contributed by atoms with E-state index >= 15 is 0 Å². The van der Waals surface area contributed by atoms with E-state index in [1.54, 1.807) is 0 Å². The average molecular weight is 233 g/mol. The van der Waals surface area contributed by atoms with Crippen LogP contribution in [0.2, 0.25) is 0 Å². The number of benzene rings is 1. The van der Waals surface area contributed by atoms with Crippen molar-refractivity contribution in [2.24, 2.45) is 5.73 Å². The fourth-order valence-electron chi connectivity index (χ4n) is 2.42. The van der Waals surface area contributed by atoms with Gasteiger partial charge in [0.1, 0.15) is 0 Å². The minimum absolute atomic E-state index is 0.141. The molecule has 1 aromatic carbocycles. The maximum absolute atomic E-state index is 6.23. The van der Waals surface area contributed by atoms with Crippen molar-refractivity contribution in [3.63, 3.8) is 0 Å². The zero-order chi connectivity index (χ0) is 12.1. The van der Waals surface area contributed by atoms with E-state index in [4.69, 9.17) is 10.5 Å². The van der Waals surface area contributed by atoms with Gasteiger partial charge in [0, 0.05) is 12.6 Å². The summed E-state index contributed by atoms with van der Waals surface area (Å²) in [5, 5.41) is 0. The van der Waals surface area contributed by atoms with Crippen molar-refractivity contribution in [3.05, 3.63) is 35.4 Å². The molecule has 2 atom stereocenters. The van der Waals surface area contributed by atoms with Crippen molar-refractivity contribution in [2.75, 3.05) is 6.61 Å². The number of nitrogens with two attached hydrogens (primary N) is 1. The summed E-state index contributed by atoms with van der Waals surface area (Å²) in [6.07, 6.45) is 5.84. The highest BCUT2D eigenvalue weighted by Crippen LogP contribution is 2.17. The largest absolute Gasteiger partial charge is 0.377 e. The van der Waals surface area contributed by atoms with Gasteiger partial charge >= 0.3 is 0 Å². The highest BCUT2D eigenvalue weighted by atomic mass is 16.5. The molecule has 1 fully saturated rings. The molecule has 1 aliphatic rings. The summed E-state index contributed by atoms with van der Waals surface area (Å²) >= 11 is 0. The minimum atomic E-state index is 0.141. The molecule has 2 nitrogen and oxygen atoms in total. The van der Waals surface area contributed by atoms with E-state index in [2.05, 4.69) is 31.2 Å². The summed E-state index contributed by atoms with van der Waals surface area (Å²) in [6.45, 7) is 3.06. The standard InChI is InChI=1S/C15H23NO/c1-2-12-6-8-13(9-7-12)11-14(16)15-5-3-4-10-17-15/h6-9,14-15H,2-5,10-11,16H2,1H3. The van der Waals surface area contributed by atoms with Crippen LogP contribution in [0.5, 0.6) is 0 Å². The van der Waals surface area contributed by atoms with Crippen LogP contribution in [0.15, 0.2) is 24.3 Å². The maximum Gasteiger partial charge on any atom is 0.0729 e. The van der Waals surface area contributed by atoms with Gasteiger partial charge in [-0.1, -0.05) is 31.2 Å². The Bertz CT molecular complexity index is 327. The molecule has 17 heavy (non-hydrogen) atoms. The van der Waals surface area contributed by atoms with E-state index in [1.165, 1.54) is 24.0 Å².